The Hall–Kier alpha value is -3.67. The molecule has 0 spiro atoms. The summed E-state index contributed by atoms with van der Waals surface area (Å²) < 4.78 is 7.52. The van der Waals surface area contributed by atoms with E-state index in [0.717, 1.165) is 22.2 Å². The number of amides is 1. The highest BCUT2D eigenvalue weighted by Gasteiger charge is 2.19. The van der Waals surface area contributed by atoms with E-state index < -0.39 is 6.10 Å². The lowest BCUT2D eigenvalue weighted by Crippen LogP contribution is -2.31. The van der Waals surface area contributed by atoms with Gasteiger partial charge in [0.2, 0.25) is 0 Å². The van der Waals surface area contributed by atoms with E-state index in [1.54, 1.807) is 11.6 Å². The second-order valence-electron chi connectivity index (χ2n) is 8.37. The molecule has 1 amide bonds. The molecule has 32 heavy (non-hydrogen) atoms. The van der Waals surface area contributed by atoms with Crippen molar-refractivity contribution < 1.29 is 9.53 Å². The number of anilines is 1. The zero-order valence-corrected chi connectivity index (χ0v) is 19.1. The van der Waals surface area contributed by atoms with Crippen molar-refractivity contribution in [3.63, 3.8) is 0 Å². The van der Waals surface area contributed by atoms with E-state index in [1.807, 2.05) is 74.5 Å². The number of carbonyl (C=O) groups is 1. The average Bonchev–Trinajstić information content (AvgIpc) is 3.14. The summed E-state index contributed by atoms with van der Waals surface area (Å²) >= 11 is 0. The van der Waals surface area contributed by atoms with Crippen molar-refractivity contribution in [2.45, 2.75) is 46.6 Å². The summed E-state index contributed by atoms with van der Waals surface area (Å²) in [6.45, 7) is 9.95. The van der Waals surface area contributed by atoms with Crippen molar-refractivity contribution in [1.82, 2.24) is 14.8 Å². The summed E-state index contributed by atoms with van der Waals surface area (Å²) in [4.78, 5) is 17.6. The molecular weight excluding hydrogens is 400 g/mol. The monoisotopic (exact) mass is 428 g/mol. The predicted octanol–water partition coefficient (Wildman–Crippen LogP) is 5.57. The minimum atomic E-state index is -0.671. The maximum absolute atomic E-state index is 12.9. The van der Waals surface area contributed by atoms with E-state index in [2.05, 4.69) is 24.3 Å². The lowest BCUT2D eigenvalue weighted by molar-refractivity contribution is -0.122. The van der Waals surface area contributed by atoms with E-state index in [1.165, 1.54) is 5.56 Å². The van der Waals surface area contributed by atoms with Gasteiger partial charge in [-0.2, -0.15) is 9.78 Å². The number of para-hydroxylation sites is 1. The summed E-state index contributed by atoms with van der Waals surface area (Å²) in [6.07, 6.45) is -0.671. The van der Waals surface area contributed by atoms with Crippen LogP contribution in [0.2, 0.25) is 0 Å². The number of nitrogens with zero attached hydrogens (tertiary/aromatic N) is 3. The first kappa shape index (κ1) is 21.6. The first-order valence-electron chi connectivity index (χ1n) is 10.8. The van der Waals surface area contributed by atoms with Crippen LogP contribution in [0.1, 0.15) is 43.5 Å². The summed E-state index contributed by atoms with van der Waals surface area (Å²) in [5.41, 5.74) is 3.99. The third kappa shape index (κ3) is 4.49. The number of aryl methyl sites for hydroxylation is 2. The van der Waals surface area contributed by atoms with Gasteiger partial charge < -0.3 is 10.1 Å². The Kier molecular flexibility index (Phi) is 5.95. The molecule has 2 aromatic heterocycles. The molecule has 4 aromatic rings. The predicted molar refractivity (Wildman–Crippen MR) is 128 cm³/mol. The fourth-order valence-corrected chi connectivity index (χ4v) is 3.62. The number of pyridine rings is 1. The molecule has 0 radical (unpaired) electrons. The second kappa shape index (κ2) is 8.83. The first-order chi connectivity index (χ1) is 15.3. The number of aromatic nitrogens is 3. The molecule has 1 atom stereocenters. The lowest BCUT2D eigenvalue weighted by atomic mass is 10.0. The van der Waals surface area contributed by atoms with Crippen molar-refractivity contribution in [3.05, 3.63) is 77.5 Å². The largest absolute Gasteiger partial charge is 0.481 e. The topological polar surface area (TPSA) is 69.0 Å². The van der Waals surface area contributed by atoms with Crippen LogP contribution in [0.5, 0.6) is 5.75 Å². The van der Waals surface area contributed by atoms with Gasteiger partial charge in [0.15, 0.2) is 11.9 Å². The molecule has 2 aromatic carbocycles. The number of fused-ring (bicyclic) bond motifs is 1. The van der Waals surface area contributed by atoms with Crippen LogP contribution in [-0.4, -0.2) is 26.8 Å². The van der Waals surface area contributed by atoms with Crippen LogP contribution in [0.25, 0.3) is 16.7 Å². The fourth-order valence-electron chi connectivity index (χ4n) is 3.62. The minimum absolute atomic E-state index is 0.253. The highest BCUT2D eigenvalue weighted by atomic mass is 16.5. The van der Waals surface area contributed by atoms with Gasteiger partial charge in [-0.3, -0.25) is 4.79 Å². The lowest BCUT2D eigenvalue weighted by Gasteiger charge is -2.16. The number of hydrogen-bond acceptors (Lipinski definition) is 4. The molecule has 0 aliphatic heterocycles. The SMILES string of the molecule is Cc1cc(NC(=O)C(C)Oc2ccc(C(C)C)cc2)n(-c2cc(C)c3ccccc3n2)n1. The van der Waals surface area contributed by atoms with E-state index in [4.69, 9.17) is 9.72 Å². The Morgan fingerprint density at radius 2 is 1.72 bits per heavy atom. The Morgan fingerprint density at radius 1 is 1.00 bits per heavy atom. The normalized spacial score (nSPS) is 12.2. The molecule has 0 bridgehead atoms. The number of nitrogens with one attached hydrogen (secondary N) is 1. The first-order valence-corrected chi connectivity index (χ1v) is 10.8. The average molecular weight is 429 g/mol. The highest BCUT2D eigenvalue weighted by Crippen LogP contribution is 2.23. The molecular formula is C26H28N4O2. The van der Waals surface area contributed by atoms with Gasteiger partial charge in [0.1, 0.15) is 11.6 Å². The van der Waals surface area contributed by atoms with Crippen LogP contribution in [0, 0.1) is 13.8 Å². The second-order valence-corrected chi connectivity index (χ2v) is 8.37. The number of rotatable bonds is 6. The number of ether oxygens (including phenoxy) is 1. The quantitative estimate of drug-likeness (QED) is 0.436. The van der Waals surface area contributed by atoms with Gasteiger partial charge in [-0.15, -0.1) is 0 Å². The summed E-state index contributed by atoms with van der Waals surface area (Å²) in [7, 11) is 0. The van der Waals surface area contributed by atoms with Gasteiger partial charge in [0.05, 0.1) is 11.2 Å². The van der Waals surface area contributed by atoms with Gasteiger partial charge in [-0.25, -0.2) is 4.98 Å². The maximum Gasteiger partial charge on any atom is 0.266 e. The van der Waals surface area contributed by atoms with Crippen LogP contribution in [0.4, 0.5) is 5.82 Å². The molecule has 4 rings (SSSR count). The molecule has 0 saturated heterocycles. The maximum atomic E-state index is 12.9. The van der Waals surface area contributed by atoms with Gasteiger partial charge in [-0.05, 0) is 62.1 Å². The Balaban J connectivity index is 1.54. The number of carbonyl (C=O) groups excluding carboxylic acids is 1. The molecule has 1 unspecified atom stereocenters. The van der Waals surface area contributed by atoms with Crippen LogP contribution in [-0.2, 0) is 4.79 Å². The summed E-state index contributed by atoms with van der Waals surface area (Å²) in [5, 5.41) is 8.59. The van der Waals surface area contributed by atoms with Crippen LogP contribution >= 0.6 is 0 Å². The van der Waals surface area contributed by atoms with Gasteiger partial charge in [0.25, 0.3) is 5.91 Å². The van der Waals surface area contributed by atoms with Crippen molar-refractivity contribution in [2.24, 2.45) is 0 Å². The van der Waals surface area contributed by atoms with E-state index >= 15 is 0 Å². The van der Waals surface area contributed by atoms with Crippen LogP contribution < -0.4 is 10.1 Å². The molecule has 6 nitrogen and oxygen atoms in total. The Morgan fingerprint density at radius 3 is 2.44 bits per heavy atom. The van der Waals surface area contributed by atoms with E-state index in [9.17, 15) is 4.79 Å². The van der Waals surface area contributed by atoms with Crippen molar-refractivity contribution in [2.75, 3.05) is 5.32 Å². The van der Waals surface area contributed by atoms with Crippen molar-refractivity contribution >= 4 is 22.6 Å². The molecule has 1 N–H and O–H groups in total. The third-order valence-electron chi connectivity index (χ3n) is 5.44. The van der Waals surface area contributed by atoms with Crippen molar-refractivity contribution in [1.29, 1.82) is 0 Å². The smallest absolute Gasteiger partial charge is 0.266 e. The highest BCUT2D eigenvalue weighted by molar-refractivity contribution is 5.93. The third-order valence-corrected chi connectivity index (χ3v) is 5.44. The zero-order chi connectivity index (χ0) is 22.8. The van der Waals surface area contributed by atoms with E-state index in [0.29, 0.717) is 23.3 Å². The number of benzene rings is 2. The molecule has 0 saturated carbocycles. The Bertz CT molecular complexity index is 1260. The standard InChI is InChI=1S/C26H28N4O2/c1-16(2)20-10-12-21(13-11-20)32-19(5)26(31)28-25-15-18(4)29-30(25)24-14-17(3)22-8-6-7-9-23(22)27-24/h6-16,19H,1-5H3,(H,28,31). The van der Waals surface area contributed by atoms with E-state index in [-0.39, 0.29) is 5.91 Å². The fraction of sp³-hybridized carbons (Fsp3) is 0.269. The molecule has 0 aliphatic carbocycles. The molecule has 164 valence electrons. The summed E-state index contributed by atoms with van der Waals surface area (Å²) in [5.74, 6) is 2.06. The van der Waals surface area contributed by atoms with Crippen LogP contribution in [0.3, 0.4) is 0 Å². The minimum Gasteiger partial charge on any atom is -0.481 e. The molecule has 2 heterocycles. The molecule has 6 heteroatoms. The van der Waals surface area contributed by atoms with Gasteiger partial charge >= 0.3 is 0 Å². The molecule has 0 aliphatic rings. The van der Waals surface area contributed by atoms with Gasteiger partial charge in [-0.1, -0.05) is 44.2 Å². The van der Waals surface area contributed by atoms with Gasteiger partial charge in [0, 0.05) is 11.5 Å². The zero-order valence-electron chi connectivity index (χ0n) is 19.1. The number of hydrogen-bond donors (Lipinski definition) is 1. The molecule has 0 fully saturated rings. The Labute approximate surface area is 188 Å². The van der Waals surface area contributed by atoms with Crippen LogP contribution in [0.15, 0.2) is 60.7 Å². The van der Waals surface area contributed by atoms with Crippen molar-refractivity contribution in [3.8, 4) is 11.6 Å². The summed E-state index contributed by atoms with van der Waals surface area (Å²) in [6, 6.07) is 19.6.